The third kappa shape index (κ3) is 6.39. The molecule has 0 radical (unpaired) electrons. The van der Waals surface area contributed by atoms with Crippen LogP contribution < -0.4 is 15.5 Å². The van der Waals surface area contributed by atoms with Crippen molar-refractivity contribution in [1.82, 2.24) is 20.6 Å². The van der Waals surface area contributed by atoms with Crippen molar-refractivity contribution in [1.29, 1.82) is 5.26 Å². The summed E-state index contributed by atoms with van der Waals surface area (Å²) >= 11 is 0. The molecule has 2 atom stereocenters. The molecule has 1 aromatic carbocycles. The van der Waals surface area contributed by atoms with Gasteiger partial charge in [-0.3, -0.25) is 14.8 Å². The lowest BCUT2D eigenvalue weighted by atomic mass is 9.92. The minimum absolute atomic E-state index is 0.0509. The van der Waals surface area contributed by atoms with E-state index in [4.69, 9.17) is 4.74 Å². The van der Waals surface area contributed by atoms with Gasteiger partial charge in [-0.2, -0.15) is 18.4 Å². The van der Waals surface area contributed by atoms with E-state index in [1.807, 2.05) is 6.07 Å². The number of hydrogen-bond donors (Lipinski definition) is 2. The van der Waals surface area contributed by atoms with E-state index in [1.165, 1.54) is 23.4 Å². The van der Waals surface area contributed by atoms with E-state index in [0.717, 1.165) is 0 Å². The van der Waals surface area contributed by atoms with Gasteiger partial charge in [-0.15, -0.1) is 0 Å². The first-order valence-corrected chi connectivity index (χ1v) is 12.0. The molecule has 198 valence electrons. The molecule has 1 saturated carbocycles. The van der Waals surface area contributed by atoms with Gasteiger partial charge in [0.25, 0.3) is 0 Å². The summed E-state index contributed by atoms with van der Waals surface area (Å²) < 4.78 is 46.9. The van der Waals surface area contributed by atoms with E-state index in [1.54, 1.807) is 26.8 Å². The highest BCUT2D eigenvalue weighted by Gasteiger charge is 2.48. The summed E-state index contributed by atoms with van der Waals surface area (Å²) in [7, 11) is 0. The Morgan fingerprint density at radius 1 is 1.16 bits per heavy atom. The molecule has 1 saturated heterocycles. The molecule has 0 unspecified atom stereocenters. The van der Waals surface area contributed by atoms with Crippen molar-refractivity contribution in [2.45, 2.75) is 69.8 Å². The maximum Gasteiger partial charge on any atom is 0.408 e. The van der Waals surface area contributed by atoms with Crippen LogP contribution in [-0.4, -0.2) is 58.4 Å². The molecule has 4 rings (SSSR count). The maximum absolute atomic E-state index is 13.9. The van der Waals surface area contributed by atoms with E-state index < -0.39 is 41.3 Å². The molecule has 2 fully saturated rings. The largest absolute Gasteiger partial charge is 0.444 e. The molecule has 9 nitrogen and oxygen atoms in total. The van der Waals surface area contributed by atoms with Gasteiger partial charge in [0.15, 0.2) is 0 Å². The third-order valence-electron chi connectivity index (χ3n) is 6.46. The number of aromatic nitrogens is 2. The highest BCUT2D eigenvalue weighted by Crippen LogP contribution is 2.40. The number of amides is 2. The number of halogens is 3. The smallest absolute Gasteiger partial charge is 0.408 e. The van der Waals surface area contributed by atoms with Crippen LogP contribution in [0.3, 0.4) is 0 Å². The number of benzene rings is 1. The predicted molar refractivity (Wildman–Crippen MR) is 129 cm³/mol. The molecule has 1 aromatic heterocycles. The number of carbonyl (C=O) groups is 2. The summed E-state index contributed by atoms with van der Waals surface area (Å²) in [6, 6.07) is 4.32. The van der Waals surface area contributed by atoms with Crippen molar-refractivity contribution in [3.8, 4) is 6.07 Å². The number of nitrogens with one attached hydrogen (secondary N) is 2. The van der Waals surface area contributed by atoms with Crippen molar-refractivity contribution in [2.24, 2.45) is 5.92 Å². The predicted octanol–water partition coefficient (Wildman–Crippen LogP) is 3.82. The van der Waals surface area contributed by atoms with Crippen LogP contribution in [0.25, 0.3) is 11.0 Å². The van der Waals surface area contributed by atoms with Crippen LogP contribution in [0.4, 0.5) is 23.7 Å². The number of alkyl halides is 3. The van der Waals surface area contributed by atoms with Crippen molar-refractivity contribution >= 4 is 28.7 Å². The third-order valence-corrected chi connectivity index (χ3v) is 6.46. The van der Waals surface area contributed by atoms with E-state index in [9.17, 15) is 28.0 Å². The van der Waals surface area contributed by atoms with E-state index in [-0.39, 0.29) is 31.5 Å². The van der Waals surface area contributed by atoms with Gasteiger partial charge in [0.1, 0.15) is 22.7 Å². The average molecular weight is 519 g/mol. The zero-order valence-corrected chi connectivity index (χ0v) is 20.9. The summed E-state index contributed by atoms with van der Waals surface area (Å²) in [5, 5.41) is 14.9. The van der Waals surface area contributed by atoms with Crippen LogP contribution in [0.5, 0.6) is 0 Å². The monoisotopic (exact) mass is 518 g/mol. The summed E-state index contributed by atoms with van der Waals surface area (Å²) in [6.45, 7) is 5.01. The molecule has 0 bridgehead atoms. The lowest BCUT2D eigenvalue weighted by Gasteiger charge is -2.40. The first-order valence-electron chi connectivity index (χ1n) is 12.0. The van der Waals surface area contributed by atoms with Gasteiger partial charge >= 0.3 is 12.3 Å². The minimum atomic E-state index is -4.47. The number of rotatable bonds is 5. The SMILES string of the molecule is CC(C)(C)OC(=O)NC1(CC(=O)N[C@@H]2C[C@H](C(F)(F)F)CN(c3ccc(C#N)c4nccnc34)C2)CC1. The summed E-state index contributed by atoms with van der Waals surface area (Å²) in [4.78, 5) is 35.0. The fourth-order valence-corrected chi connectivity index (χ4v) is 4.63. The molecule has 2 aromatic rings. The molecule has 2 N–H and O–H groups in total. The number of hydrogen-bond acceptors (Lipinski definition) is 7. The Morgan fingerprint density at radius 2 is 1.84 bits per heavy atom. The average Bonchev–Trinajstić information content (AvgIpc) is 3.54. The molecule has 2 amide bonds. The van der Waals surface area contributed by atoms with Crippen LogP contribution >= 0.6 is 0 Å². The molecule has 12 heteroatoms. The minimum Gasteiger partial charge on any atom is -0.444 e. The fourth-order valence-electron chi connectivity index (χ4n) is 4.63. The van der Waals surface area contributed by atoms with Gasteiger partial charge in [-0.05, 0) is 52.2 Å². The van der Waals surface area contributed by atoms with Gasteiger partial charge in [0.2, 0.25) is 5.91 Å². The summed E-state index contributed by atoms with van der Waals surface area (Å²) in [5.74, 6) is -2.12. The molecule has 2 aliphatic rings. The molecular formula is C25H29F3N6O3. The lowest BCUT2D eigenvalue weighted by molar-refractivity contribution is -0.178. The number of nitriles is 1. The lowest BCUT2D eigenvalue weighted by Crippen LogP contribution is -2.54. The Bertz CT molecular complexity index is 1230. The van der Waals surface area contributed by atoms with E-state index >= 15 is 0 Å². The molecule has 37 heavy (non-hydrogen) atoms. The summed E-state index contributed by atoms with van der Waals surface area (Å²) in [5.41, 5.74) is -0.119. The maximum atomic E-state index is 13.9. The Balaban J connectivity index is 1.50. The molecule has 1 aliphatic carbocycles. The van der Waals surface area contributed by atoms with E-state index in [0.29, 0.717) is 29.6 Å². The van der Waals surface area contributed by atoms with E-state index in [2.05, 4.69) is 20.6 Å². The zero-order chi connectivity index (χ0) is 27.0. The van der Waals surface area contributed by atoms with Crippen LogP contribution in [-0.2, 0) is 9.53 Å². The van der Waals surface area contributed by atoms with Gasteiger partial charge in [0, 0.05) is 37.9 Å². The number of nitrogens with zero attached hydrogens (tertiary/aromatic N) is 4. The standard InChI is InChI=1S/C25H29F3N6O3/c1-23(2,3)37-22(36)33-24(6-7-24)11-19(35)32-17-10-16(25(26,27)28)13-34(14-17)18-5-4-15(12-29)20-21(18)31-9-8-30-20/h4-5,8-9,16-17H,6-7,10-11,13-14H2,1-3H3,(H,32,35)(H,33,36)/t16-,17+/m0/s1. The number of piperidine rings is 1. The quantitative estimate of drug-likeness (QED) is 0.617. The molecular weight excluding hydrogens is 489 g/mol. The Morgan fingerprint density at radius 3 is 2.43 bits per heavy atom. The normalized spacial score (nSPS) is 21.2. The Hall–Kier alpha value is -3.62. The van der Waals surface area contributed by atoms with Crippen molar-refractivity contribution in [3.05, 3.63) is 30.1 Å². The molecule has 1 aliphatic heterocycles. The van der Waals surface area contributed by atoms with Crippen LogP contribution in [0, 0.1) is 17.2 Å². The van der Waals surface area contributed by atoms with Crippen molar-refractivity contribution in [3.63, 3.8) is 0 Å². The Kier molecular flexibility index (Phi) is 6.92. The first kappa shape index (κ1) is 26.4. The first-order chi connectivity index (χ1) is 17.3. The number of ether oxygens (including phenoxy) is 1. The highest BCUT2D eigenvalue weighted by molar-refractivity contribution is 5.92. The molecule has 2 heterocycles. The zero-order valence-electron chi connectivity index (χ0n) is 20.9. The topological polar surface area (TPSA) is 120 Å². The van der Waals surface area contributed by atoms with Crippen LogP contribution in [0.2, 0.25) is 0 Å². The number of carbonyl (C=O) groups excluding carboxylic acids is 2. The van der Waals surface area contributed by atoms with Crippen LogP contribution in [0.15, 0.2) is 24.5 Å². The second-order valence-electron chi connectivity index (χ2n) is 10.7. The Labute approximate surface area is 212 Å². The number of fused-ring (bicyclic) bond motifs is 1. The molecule has 0 spiro atoms. The highest BCUT2D eigenvalue weighted by atomic mass is 19.4. The second kappa shape index (κ2) is 9.68. The van der Waals surface area contributed by atoms with Crippen molar-refractivity contribution in [2.75, 3.05) is 18.0 Å². The number of alkyl carbamates (subject to hydrolysis) is 1. The van der Waals surface area contributed by atoms with Gasteiger partial charge < -0.3 is 20.3 Å². The summed E-state index contributed by atoms with van der Waals surface area (Å²) in [6.07, 6.45) is -1.41. The van der Waals surface area contributed by atoms with Crippen molar-refractivity contribution < 1.29 is 27.5 Å². The van der Waals surface area contributed by atoms with Crippen LogP contribution in [0.1, 0.15) is 52.0 Å². The number of anilines is 1. The fraction of sp³-hybridized carbons (Fsp3) is 0.560. The second-order valence-corrected chi connectivity index (χ2v) is 10.7. The van der Waals surface area contributed by atoms with Gasteiger partial charge in [-0.1, -0.05) is 0 Å². The van der Waals surface area contributed by atoms with Gasteiger partial charge in [0.05, 0.1) is 22.7 Å². The van der Waals surface area contributed by atoms with Gasteiger partial charge in [-0.25, -0.2) is 4.79 Å².